The Bertz CT molecular complexity index is 1390. The van der Waals surface area contributed by atoms with Crippen LogP contribution in [0.5, 0.6) is 0 Å². The summed E-state index contributed by atoms with van der Waals surface area (Å²) in [6.07, 6.45) is 2.13. The van der Waals surface area contributed by atoms with E-state index in [2.05, 4.69) is 116 Å². The monoisotopic (exact) mass is 420 g/mol. The molecule has 0 amide bonds. The number of aryl methyl sites for hydroxylation is 1. The van der Waals surface area contributed by atoms with Gasteiger partial charge in [0.2, 0.25) is 0 Å². The zero-order valence-corrected chi connectivity index (χ0v) is 19.7. The van der Waals surface area contributed by atoms with Crippen molar-refractivity contribution in [2.45, 2.75) is 33.1 Å². The van der Waals surface area contributed by atoms with Crippen LogP contribution in [0.25, 0.3) is 44.2 Å². The highest BCUT2D eigenvalue weighted by atomic mass is 28.3. The number of fused-ring (bicyclic) bond motifs is 3. The fourth-order valence-electron chi connectivity index (χ4n) is 4.62. The fourth-order valence-corrected chi connectivity index (χ4v) is 6.09. The Balaban J connectivity index is 1.72. The maximum absolute atomic E-state index is 4.94. The molecule has 0 spiro atoms. The summed E-state index contributed by atoms with van der Waals surface area (Å²) < 4.78 is 2.41. The minimum absolute atomic E-state index is 0.949. The Morgan fingerprint density at radius 3 is 2.19 bits per heavy atom. The molecule has 2 aromatic heterocycles. The van der Waals surface area contributed by atoms with Gasteiger partial charge in [0.25, 0.3) is 0 Å². The smallest absolute Gasteiger partial charge is 0.0804 e. The van der Waals surface area contributed by atoms with E-state index in [1.54, 1.807) is 0 Å². The Kier molecular flexibility index (Phi) is 4.79. The molecular formula is C28H28N2Si. The van der Waals surface area contributed by atoms with Gasteiger partial charge in [0.1, 0.15) is 0 Å². The molecule has 0 aliphatic carbocycles. The van der Waals surface area contributed by atoms with Crippen LogP contribution in [0.15, 0.2) is 85.1 Å². The number of hydrogen-bond acceptors (Lipinski definition) is 1. The molecule has 0 fully saturated rings. The topological polar surface area (TPSA) is 17.8 Å². The summed E-state index contributed by atoms with van der Waals surface area (Å²) in [7, 11) is -1.53. The Morgan fingerprint density at radius 2 is 1.45 bits per heavy atom. The van der Waals surface area contributed by atoms with Crippen molar-refractivity contribution in [2.24, 2.45) is 0 Å². The van der Waals surface area contributed by atoms with Gasteiger partial charge >= 0.3 is 0 Å². The van der Waals surface area contributed by atoms with E-state index >= 15 is 0 Å². The van der Waals surface area contributed by atoms with Crippen LogP contribution < -0.4 is 5.19 Å². The van der Waals surface area contributed by atoms with Crippen molar-refractivity contribution in [3.05, 3.63) is 85.1 Å². The number of benzene rings is 3. The number of hydrogen-bond donors (Lipinski definition) is 0. The first kappa shape index (κ1) is 19.8. The molecule has 3 aromatic carbocycles. The molecule has 0 radical (unpaired) electrons. The molecule has 2 nitrogen and oxygen atoms in total. The molecule has 0 saturated carbocycles. The van der Waals surface area contributed by atoms with Crippen LogP contribution in [-0.2, 0) is 6.54 Å². The van der Waals surface area contributed by atoms with Crippen LogP contribution in [0.2, 0.25) is 19.6 Å². The molecule has 154 valence electrons. The average molecular weight is 421 g/mol. The second kappa shape index (κ2) is 7.51. The highest BCUT2D eigenvalue weighted by Gasteiger charge is 2.22. The van der Waals surface area contributed by atoms with E-state index in [1.807, 2.05) is 0 Å². The largest absolute Gasteiger partial charge is 0.341 e. The first-order valence-corrected chi connectivity index (χ1v) is 14.5. The highest BCUT2D eigenvalue weighted by molar-refractivity contribution is 6.89. The third-order valence-corrected chi connectivity index (χ3v) is 8.20. The standard InChI is InChI=1S/C28H28N2Si/c1-5-30-26-14-10-9-13-22(26)23-16-15-21(17-27(23)30)25-18-24(20-11-7-6-8-12-20)28(19-29-25)31(2,3)4/h6-19H,5H2,1-4H3. The van der Waals surface area contributed by atoms with E-state index in [4.69, 9.17) is 4.98 Å². The molecule has 0 aliphatic rings. The summed E-state index contributed by atoms with van der Waals surface area (Å²) >= 11 is 0. The number of nitrogens with zero attached hydrogens (tertiary/aromatic N) is 2. The van der Waals surface area contributed by atoms with Gasteiger partial charge in [0, 0.05) is 40.1 Å². The molecule has 0 bridgehead atoms. The molecule has 0 N–H and O–H groups in total. The van der Waals surface area contributed by atoms with Crippen molar-refractivity contribution in [2.75, 3.05) is 0 Å². The predicted octanol–water partition coefficient (Wildman–Crippen LogP) is 7.09. The zero-order chi connectivity index (χ0) is 21.6. The summed E-state index contributed by atoms with van der Waals surface area (Å²) in [6, 6.07) is 28.5. The van der Waals surface area contributed by atoms with Crippen LogP contribution in [-0.4, -0.2) is 17.6 Å². The van der Waals surface area contributed by atoms with Crippen LogP contribution in [0, 0.1) is 0 Å². The second-order valence-corrected chi connectivity index (χ2v) is 14.3. The summed E-state index contributed by atoms with van der Waals surface area (Å²) in [5.74, 6) is 0. The first-order chi connectivity index (χ1) is 15.0. The Labute approximate surface area is 185 Å². The van der Waals surface area contributed by atoms with Gasteiger partial charge in [0.05, 0.1) is 13.8 Å². The zero-order valence-electron chi connectivity index (χ0n) is 18.7. The van der Waals surface area contributed by atoms with Gasteiger partial charge in [-0.05, 0) is 41.4 Å². The van der Waals surface area contributed by atoms with E-state index in [9.17, 15) is 0 Å². The molecular weight excluding hydrogens is 392 g/mol. The lowest BCUT2D eigenvalue weighted by atomic mass is 10.0. The van der Waals surface area contributed by atoms with E-state index < -0.39 is 8.07 Å². The molecule has 0 saturated heterocycles. The lowest BCUT2D eigenvalue weighted by molar-refractivity contribution is 0.827. The molecule has 5 rings (SSSR count). The summed E-state index contributed by atoms with van der Waals surface area (Å²) in [6.45, 7) is 10.3. The second-order valence-electron chi connectivity index (χ2n) is 9.22. The lowest BCUT2D eigenvalue weighted by Gasteiger charge is -2.21. The van der Waals surface area contributed by atoms with E-state index in [-0.39, 0.29) is 0 Å². The van der Waals surface area contributed by atoms with Gasteiger partial charge < -0.3 is 4.57 Å². The number of para-hydroxylation sites is 1. The van der Waals surface area contributed by atoms with Crippen LogP contribution in [0.3, 0.4) is 0 Å². The number of aromatic nitrogens is 2. The van der Waals surface area contributed by atoms with Gasteiger partial charge in [-0.3, -0.25) is 4.98 Å². The maximum Gasteiger partial charge on any atom is 0.0804 e. The van der Waals surface area contributed by atoms with Crippen molar-refractivity contribution in [3.8, 4) is 22.4 Å². The first-order valence-electron chi connectivity index (χ1n) is 11.0. The minimum atomic E-state index is -1.53. The molecule has 5 aromatic rings. The van der Waals surface area contributed by atoms with Crippen molar-refractivity contribution in [1.82, 2.24) is 9.55 Å². The van der Waals surface area contributed by atoms with E-state index in [1.165, 1.54) is 43.7 Å². The number of pyridine rings is 1. The van der Waals surface area contributed by atoms with Crippen molar-refractivity contribution < 1.29 is 0 Å². The Hall–Kier alpha value is -3.17. The van der Waals surface area contributed by atoms with Crippen molar-refractivity contribution in [3.63, 3.8) is 0 Å². The minimum Gasteiger partial charge on any atom is -0.341 e. The van der Waals surface area contributed by atoms with Crippen LogP contribution in [0.1, 0.15) is 6.92 Å². The van der Waals surface area contributed by atoms with Gasteiger partial charge in [0.15, 0.2) is 0 Å². The van der Waals surface area contributed by atoms with E-state index in [0.717, 1.165) is 12.2 Å². The predicted molar refractivity (Wildman–Crippen MR) is 137 cm³/mol. The third-order valence-electron chi connectivity index (χ3n) is 6.18. The van der Waals surface area contributed by atoms with Crippen LogP contribution >= 0.6 is 0 Å². The molecule has 3 heteroatoms. The summed E-state index contributed by atoms with van der Waals surface area (Å²) in [5, 5.41) is 4.03. The average Bonchev–Trinajstić information content (AvgIpc) is 3.11. The lowest BCUT2D eigenvalue weighted by Crippen LogP contribution is -2.39. The Morgan fingerprint density at radius 1 is 0.742 bits per heavy atom. The maximum atomic E-state index is 4.94. The highest BCUT2D eigenvalue weighted by Crippen LogP contribution is 2.33. The molecule has 0 unspecified atom stereocenters. The van der Waals surface area contributed by atoms with Gasteiger partial charge in [-0.25, -0.2) is 0 Å². The quantitative estimate of drug-likeness (QED) is 0.284. The molecule has 0 atom stereocenters. The van der Waals surface area contributed by atoms with Crippen molar-refractivity contribution >= 4 is 35.1 Å². The fraction of sp³-hybridized carbons (Fsp3) is 0.179. The van der Waals surface area contributed by atoms with Crippen molar-refractivity contribution in [1.29, 1.82) is 0 Å². The van der Waals surface area contributed by atoms with E-state index in [0.29, 0.717) is 0 Å². The van der Waals surface area contributed by atoms with Crippen LogP contribution in [0.4, 0.5) is 0 Å². The van der Waals surface area contributed by atoms with Gasteiger partial charge in [-0.1, -0.05) is 80.3 Å². The molecule has 31 heavy (non-hydrogen) atoms. The summed E-state index contributed by atoms with van der Waals surface area (Å²) in [4.78, 5) is 4.94. The SMILES string of the molecule is CCn1c2ccccc2c2ccc(-c3cc(-c4ccccc4)c([Si](C)(C)C)cn3)cc21. The molecule has 0 aliphatic heterocycles. The summed E-state index contributed by atoms with van der Waals surface area (Å²) in [5.41, 5.74) is 7.37. The number of rotatable bonds is 4. The third kappa shape index (κ3) is 3.39. The van der Waals surface area contributed by atoms with Gasteiger partial charge in [-0.2, -0.15) is 0 Å². The normalized spacial score (nSPS) is 12.0. The molecule has 2 heterocycles. The van der Waals surface area contributed by atoms with Gasteiger partial charge in [-0.15, -0.1) is 0 Å².